The second-order valence-electron chi connectivity index (χ2n) is 7.71. The van der Waals surface area contributed by atoms with E-state index in [-0.39, 0.29) is 11.8 Å². The van der Waals surface area contributed by atoms with Crippen LogP contribution in [-0.2, 0) is 11.2 Å². The SMILES string of the molecule is O=C(NC(Cc1ccccc1)C(=O)Nc1ccc(-c2cn3cccnc3n2)cc1)c1cccs1. The lowest BCUT2D eigenvalue weighted by Crippen LogP contribution is -2.45. The average Bonchev–Trinajstić information content (AvgIpc) is 3.55. The molecule has 3 heterocycles. The van der Waals surface area contributed by atoms with Crippen LogP contribution in [0.5, 0.6) is 0 Å². The van der Waals surface area contributed by atoms with Gasteiger partial charge in [0.05, 0.1) is 10.6 Å². The zero-order valence-electron chi connectivity index (χ0n) is 18.1. The second kappa shape index (κ2) is 9.68. The van der Waals surface area contributed by atoms with Gasteiger partial charge in [0.25, 0.3) is 5.91 Å². The minimum atomic E-state index is -0.721. The maximum Gasteiger partial charge on any atom is 0.262 e. The number of nitrogens with zero attached hydrogens (tertiary/aromatic N) is 3. The van der Waals surface area contributed by atoms with Gasteiger partial charge in [0.2, 0.25) is 11.7 Å². The van der Waals surface area contributed by atoms with Gasteiger partial charge in [-0.1, -0.05) is 48.5 Å². The van der Waals surface area contributed by atoms with Crippen molar-refractivity contribution in [2.24, 2.45) is 0 Å². The van der Waals surface area contributed by atoms with Crippen molar-refractivity contribution >= 4 is 34.6 Å². The molecule has 0 saturated heterocycles. The third-order valence-electron chi connectivity index (χ3n) is 5.33. The van der Waals surface area contributed by atoms with Crippen molar-refractivity contribution in [2.75, 3.05) is 5.32 Å². The minimum Gasteiger partial charge on any atom is -0.339 e. The highest BCUT2D eigenvalue weighted by molar-refractivity contribution is 7.12. The molecule has 0 aliphatic rings. The van der Waals surface area contributed by atoms with Gasteiger partial charge in [0, 0.05) is 36.3 Å². The molecule has 0 saturated carbocycles. The van der Waals surface area contributed by atoms with Crippen LogP contribution < -0.4 is 10.6 Å². The topological polar surface area (TPSA) is 88.4 Å². The van der Waals surface area contributed by atoms with E-state index in [1.807, 2.05) is 88.9 Å². The zero-order chi connectivity index (χ0) is 23.3. The van der Waals surface area contributed by atoms with Gasteiger partial charge < -0.3 is 10.6 Å². The largest absolute Gasteiger partial charge is 0.339 e. The van der Waals surface area contributed by atoms with E-state index in [9.17, 15) is 9.59 Å². The summed E-state index contributed by atoms with van der Waals surface area (Å²) in [6.07, 6.45) is 5.89. The van der Waals surface area contributed by atoms with E-state index in [1.54, 1.807) is 12.3 Å². The first kappa shape index (κ1) is 21.5. The Morgan fingerprint density at radius 2 is 1.79 bits per heavy atom. The number of amides is 2. The summed E-state index contributed by atoms with van der Waals surface area (Å²) in [6.45, 7) is 0. The van der Waals surface area contributed by atoms with E-state index in [0.29, 0.717) is 22.8 Å². The van der Waals surface area contributed by atoms with Gasteiger partial charge in [-0.05, 0) is 35.2 Å². The molecule has 168 valence electrons. The fraction of sp³-hybridized carbons (Fsp3) is 0.0769. The number of benzene rings is 2. The first-order valence-electron chi connectivity index (χ1n) is 10.7. The Morgan fingerprint density at radius 1 is 0.971 bits per heavy atom. The Morgan fingerprint density at radius 3 is 2.53 bits per heavy atom. The van der Waals surface area contributed by atoms with Crippen LogP contribution in [0.25, 0.3) is 17.0 Å². The molecule has 0 aliphatic carbocycles. The van der Waals surface area contributed by atoms with Gasteiger partial charge in [-0.2, -0.15) is 0 Å². The number of nitrogens with one attached hydrogen (secondary N) is 2. The van der Waals surface area contributed by atoms with E-state index < -0.39 is 6.04 Å². The number of thiophene rings is 1. The van der Waals surface area contributed by atoms with Crippen LogP contribution in [0.4, 0.5) is 5.69 Å². The van der Waals surface area contributed by atoms with Gasteiger partial charge in [0.1, 0.15) is 6.04 Å². The highest BCUT2D eigenvalue weighted by atomic mass is 32.1. The van der Waals surface area contributed by atoms with Crippen LogP contribution in [0.1, 0.15) is 15.2 Å². The Balaban J connectivity index is 1.32. The van der Waals surface area contributed by atoms with Gasteiger partial charge in [-0.25, -0.2) is 9.97 Å². The molecule has 5 aromatic rings. The predicted molar refractivity (Wildman–Crippen MR) is 133 cm³/mol. The van der Waals surface area contributed by atoms with Crippen LogP contribution in [0.3, 0.4) is 0 Å². The Bertz CT molecular complexity index is 1380. The number of fused-ring (bicyclic) bond motifs is 1. The van der Waals surface area contributed by atoms with Gasteiger partial charge in [0.15, 0.2) is 0 Å². The first-order valence-corrected chi connectivity index (χ1v) is 11.6. The van der Waals surface area contributed by atoms with Crippen molar-refractivity contribution in [2.45, 2.75) is 12.5 Å². The van der Waals surface area contributed by atoms with Crippen molar-refractivity contribution in [1.29, 1.82) is 0 Å². The monoisotopic (exact) mass is 467 g/mol. The van der Waals surface area contributed by atoms with Gasteiger partial charge in [-0.3, -0.25) is 14.0 Å². The van der Waals surface area contributed by atoms with Crippen LogP contribution in [-0.4, -0.2) is 32.2 Å². The number of anilines is 1. The fourth-order valence-electron chi connectivity index (χ4n) is 3.62. The molecule has 2 amide bonds. The molecule has 0 bridgehead atoms. The van der Waals surface area contributed by atoms with E-state index in [0.717, 1.165) is 16.8 Å². The summed E-state index contributed by atoms with van der Waals surface area (Å²) in [5.41, 5.74) is 3.31. The molecular formula is C26H21N5O2S. The molecule has 7 nitrogen and oxygen atoms in total. The van der Waals surface area contributed by atoms with Crippen LogP contribution >= 0.6 is 11.3 Å². The molecule has 3 aromatic heterocycles. The summed E-state index contributed by atoms with van der Waals surface area (Å²) in [6, 6.07) is 21.8. The highest BCUT2D eigenvalue weighted by Crippen LogP contribution is 2.21. The predicted octanol–water partition coefficient (Wildman–Crippen LogP) is 4.44. The Hall–Kier alpha value is -4.30. The van der Waals surface area contributed by atoms with E-state index in [2.05, 4.69) is 20.6 Å². The fourth-order valence-corrected chi connectivity index (χ4v) is 4.25. The summed E-state index contributed by atoms with van der Waals surface area (Å²) in [5, 5.41) is 7.64. The summed E-state index contributed by atoms with van der Waals surface area (Å²) >= 11 is 1.34. The average molecular weight is 468 g/mol. The molecule has 1 atom stereocenters. The summed E-state index contributed by atoms with van der Waals surface area (Å²) in [7, 11) is 0. The molecule has 0 radical (unpaired) electrons. The second-order valence-corrected chi connectivity index (χ2v) is 8.66. The normalized spacial score (nSPS) is 11.8. The lowest BCUT2D eigenvalue weighted by molar-refractivity contribution is -0.118. The maximum atomic E-state index is 13.1. The first-order chi connectivity index (χ1) is 16.7. The van der Waals surface area contributed by atoms with E-state index in [4.69, 9.17) is 0 Å². The smallest absolute Gasteiger partial charge is 0.262 e. The van der Waals surface area contributed by atoms with Gasteiger partial charge in [-0.15, -0.1) is 11.3 Å². The van der Waals surface area contributed by atoms with Crippen LogP contribution in [0.15, 0.2) is 96.8 Å². The van der Waals surface area contributed by atoms with Crippen molar-refractivity contribution in [3.05, 3.63) is 107 Å². The minimum absolute atomic E-state index is 0.262. The summed E-state index contributed by atoms with van der Waals surface area (Å²) < 4.78 is 1.86. The van der Waals surface area contributed by atoms with Crippen LogP contribution in [0, 0.1) is 0 Å². The molecule has 2 N–H and O–H groups in total. The van der Waals surface area contributed by atoms with Crippen molar-refractivity contribution in [3.63, 3.8) is 0 Å². The number of hydrogen-bond donors (Lipinski definition) is 2. The van der Waals surface area contributed by atoms with Crippen LogP contribution in [0.2, 0.25) is 0 Å². The van der Waals surface area contributed by atoms with E-state index >= 15 is 0 Å². The maximum absolute atomic E-state index is 13.1. The van der Waals surface area contributed by atoms with Crippen molar-refractivity contribution in [1.82, 2.24) is 19.7 Å². The molecule has 5 rings (SSSR count). The molecule has 34 heavy (non-hydrogen) atoms. The summed E-state index contributed by atoms with van der Waals surface area (Å²) in [4.78, 5) is 35.1. The lowest BCUT2D eigenvalue weighted by Gasteiger charge is -2.18. The van der Waals surface area contributed by atoms with Gasteiger partial charge >= 0.3 is 0 Å². The number of aromatic nitrogens is 3. The zero-order valence-corrected chi connectivity index (χ0v) is 18.9. The third kappa shape index (κ3) is 4.87. The molecule has 8 heteroatoms. The van der Waals surface area contributed by atoms with E-state index in [1.165, 1.54) is 11.3 Å². The molecule has 0 spiro atoms. The molecule has 2 aromatic carbocycles. The third-order valence-corrected chi connectivity index (χ3v) is 6.20. The molecular weight excluding hydrogens is 446 g/mol. The van der Waals surface area contributed by atoms with Crippen molar-refractivity contribution < 1.29 is 9.59 Å². The number of carbonyl (C=O) groups is 2. The number of carbonyl (C=O) groups excluding carboxylic acids is 2. The number of hydrogen-bond acceptors (Lipinski definition) is 5. The highest BCUT2D eigenvalue weighted by Gasteiger charge is 2.22. The number of rotatable bonds is 7. The molecule has 0 aliphatic heterocycles. The Labute approximate surface area is 200 Å². The quantitative estimate of drug-likeness (QED) is 0.370. The molecule has 0 fully saturated rings. The number of imidazole rings is 1. The Kier molecular flexibility index (Phi) is 6.13. The standard InChI is InChI=1S/C26H21N5O2S/c32-24(21(16-18-6-2-1-3-7-18)29-25(33)23-8-4-15-34-23)28-20-11-9-19(10-12-20)22-17-31-14-5-13-27-26(31)30-22/h1-15,17,21H,16H2,(H,28,32)(H,29,33). The van der Waals surface area contributed by atoms with Crippen molar-refractivity contribution in [3.8, 4) is 11.3 Å². The molecule has 1 unspecified atom stereocenters. The summed E-state index contributed by atoms with van der Waals surface area (Å²) in [5.74, 6) is 0.0837. The lowest BCUT2D eigenvalue weighted by atomic mass is 10.0.